The number of halogens is 2. The number of benzene rings is 1. The Balaban J connectivity index is 3.31. The fourth-order valence-electron chi connectivity index (χ4n) is 0.769. The van der Waals surface area contributed by atoms with Crippen LogP contribution in [0.25, 0.3) is 0 Å². The molecule has 64 valence electrons. The summed E-state index contributed by atoms with van der Waals surface area (Å²) in [6, 6.07) is 2.97. The van der Waals surface area contributed by atoms with Crippen LogP contribution < -0.4 is 0 Å². The minimum absolute atomic E-state index is 0.0401. The van der Waals surface area contributed by atoms with Crippen molar-refractivity contribution < 1.29 is 9.90 Å². The third kappa shape index (κ3) is 1.79. The summed E-state index contributed by atoms with van der Waals surface area (Å²) in [5.41, 5.74) is 0.477. The average Bonchev–Trinajstić information content (AvgIpc) is 1.99. The first kappa shape index (κ1) is 9.55. The Labute approximate surface area is 83.3 Å². The molecule has 0 aliphatic heterocycles. The Kier molecular flexibility index (Phi) is 2.75. The molecule has 0 aromatic heterocycles. The van der Waals surface area contributed by atoms with Crippen molar-refractivity contribution in [1.82, 2.24) is 0 Å². The van der Waals surface area contributed by atoms with Crippen molar-refractivity contribution in [2.24, 2.45) is 0 Å². The largest absolute Gasteiger partial charge is 0.505 e. The van der Waals surface area contributed by atoms with Crippen LogP contribution in [-0.4, -0.2) is 10.9 Å². The van der Waals surface area contributed by atoms with Crippen LogP contribution in [0.15, 0.2) is 16.6 Å². The van der Waals surface area contributed by atoms with Gasteiger partial charge in [0.15, 0.2) is 5.78 Å². The maximum absolute atomic E-state index is 10.9. The summed E-state index contributed by atoms with van der Waals surface area (Å²) in [7, 11) is 0. The lowest BCUT2D eigenvalue weighted by Crippen LogP contribution is -1.91. The van der Waals surface area contributed by atoms with Crippen molar-refractivity contribution >= 4 is 33.3 Å². The summed E-state index contributed by atoms with van der Waals surface area (Å²) in [5, 5.41) is 9.40. The SMILES string of the molecule is CC(=O)c1cc(Cl)c(O)c(Br)c1. The number of ketones is 1. The Morgan fingerprint density at radius 1 is 1.58 bits per heavy atom. The topological polar surface area (TPSA) is 37.3 Å². The first-order valence-corrected chi connectivity index (χ1v) is 4.38. The number of rotatable bonds is 1. The summed E-state index contributed by atoms with van der Waals surface area (Å²) in [6.07, 6.45) is 0. The van der Waals surface area contributed by atoms with Crippen LogP contribution in [0, 0.1) is 0 Å². The molecule has 0 radical (unpaired) electrons. The molecule has 0 unspecified atom stereocenters. The molecule has 4 heteroatoms. The summed E-state index contributed by atoms with van der Waals surface area (Å²) in [4.78, 5) is 10.9. The molecule has 0 aliphatic carbocycles. The Morgan fingerprint density at radius 2 is 2.17 bits per heavy atom. The zero-order valence-electron chi connectivity index (χ0n) is 6.27. The Bertz CT molecular complexity index is 313. The molecule has 1 N–H and O–H groups in total. The van der Waals surface area contributed by atoms with Gasteiger partial charge in [0.25, 0.3) is 0 Å². The lowest BCUT2D eigenvalue weighted by Gasteiger charge is -2.01. The third-order valence-corrected chi connectivity index (χ3v) is 2.32. The molecule has 0 heterocycles. The molecule has 1 aromatic rings. The highest BCUT2D eigenvalue weighted by Crippen LogP contribution is 2.32. The van der Waals surface area contributed by atoms with Gasteiger partial charge < -0.3 is 5.11 Å². The normalized spacial score (nSPS) is 9.92. The molecule has 0 atom stereocenters. The van der Waals surface area contributed by atoms with Crippen molar-refractivity contribution in [2.75, 3.05) is 0 Å². The second kappa shape index (κ2) is 3.46. The van der Waals surface area contributed by atoms with Crippen molar-refractivity contribution in [2.45, 2.75) is 6.92 Å². The smallest absolute Gasteiger partial charge is 0.159 e. The molecule has 1 aromatic carbocycles. The van der Waals surface area contributed by atoms with E-state index in [1.807, 2.05) is 0 Å². The summed E-state index contributed by atoms with van der Waals surface area (Å²) in [5.74, 6) is -0.126. The first-order chi connectivity index (χ1) is 5.52. The van der Waals surface area contributed by atoms with Gasteiger partial charge in [0.1, 0.15) is 5.75 Å². The maximum Gasteiger partial charge on any atom is 0.159 e. The van der Waals surface area contributed by atoms with Crippen LogP contribution in [0.2, 0.25) is 5.02 Å². The van der Waals surface area contributed by atoms with Crippen molar-refractivity contribution in [1.29, 1.82) is 0 Å². The van der Waals surface area contributed by atoms with E-state index in [9.17, 15) is 9.90 Å². The molecule has 1 rings (SSSR count). The second-order valence-corrected chi connectivity index (χ2v) is 3.61. The molecule has 2 nitrogen and oxygen atoms in total. The fourth-order valence-corrected chi connectivity index (χ4v) is 1.56. The number of hydrogen-bond acceptors (Lipinski definition) is 2. The van der Waals surface area contributed by atoms with Gasteiger partial charge in [-0.05, 0) is 35.0 Å². The van der Waals surface area contributed by atoms with E-state index in [1.54, 1.807) is 0 Å². The molecular weight excluding hydrogens is 243 g/mol. The molecule has 0 aliphatic rings. The number of Topliss-reactive ketones (excluding diaryl/α,β-unsaturated/α-hetero) is 1. The van der Waals surface area contributed by atoms with Crippen molar-refractivity contribution in [3.63, 3.8) is 0 Å². The third-order valence-electron chi connectivity index (χ3n) is 1.42. The van der Waals surface area contributed by atoms with E-state index in [1.165, 1.54) is 19.1 Å². The molecule has 0 amide bonds. The molecule has 0 bridgehead atoms. The van der Waals surface area contributed by atoms with Crippen LogP contribution in [0.5, 0.6) is 5.75 Å². The number of phenolic OH excluding ortho intramolecular Hbond substituents is 1. The van der Waals surface area contributed by atoms with Crippen LogP contribution >= 0.6 is 27.5 Å². The van der Waals surface area contributed by atoms with E-state index in [0.717, 1.165) is 0 Å². The zero-order valence-corrected chi connectivity index (χ0v) is 8.61. The van der Waals surface area contributed by atoms with Gasteiger partial charge in [-0.1, -0.05) is 11.6 Å². The van der Waals surface area contributed by atoms with E-state index >= 15 is 0 Å². The standard InChI is InChI=1S/C8H6BrClO2/c1-4(11)5-2-6(9)8(12)7(10)3-5/h2-3,12H,1H3. The summed E-state index contributed by atoms with van der Waals surface area (Å²) >= 11 is 8.71. The van der Waals surface area contributed by atoms with Crippen LogP contribution in [0.4, 0.5) is 0 Å². The molecule has 12 heavy (non-hydrogen) atoms. The lowest BCUT2D eigenvalue weighted by atomic mass is 10.1. The quantitative estimate of drug-likeness (QED) is 0.777. The predicted molar refractivity (Wildman–Crippen MR) is 50.8 cm³/mol. The average molecular weight is 249 g/mol. The molecular formula is C8H6BrClO2. The first-order valence-electron chi connectivity index (χ1n) is 3.21. The van der Waals surface area contributed by atoms with Gasteiger partial charge in [-0.3, -0.25) is 4.79 Å². The van der Waals surface area contributed by atoms with Crippen molar-refractivity contribution in [3.8, 4) is 5.75 Å². The van der Waals surface area contributed by atoms with E-state index in [2.05, 4.69) is 15.9 Å². The molecule has 0 saturated heterocycles. The molecule has 0 spiro atoms. The number of carbonyl (C=O) groups excluding carboxylic acids is 1. The highest BCUT2D eigenvalue weighted by molar-refractivity contribution is 9.10. The van der Waals surface area contributed by atoms with Gasteiger partial charge in [-0.15, -0.1) is 0 Å². The Morgan fingerprint density at radius 3 is 2.58 bits per heavy atom. The van der Waals surface area contributed by atoms with Gasteiger partial charge in [-0.25, -0.2) is 0 Å². The zero-order chi connectivity index (χ0) is 9.30. The Hall–Kier alpha value is -0.540. The fraction of sp³-hybridized carbons (Fsp3) is 0.125. The minimum Gasteiger partial charge on any atom is -0.505 e. The summed E-state index contributed by atoms with van der Waals surface area (Å²) in [6.45, 7) is 1.44. The van der Waals surface area contributed by atoms with Gasteiger partial charge in [-0.2, -0.15) is 0 Å². The number of phenols is 1. The van der Waals surface area contributed by atoms with E-state index in [-0.39, 0.29) is 16.6 Å². The molecule has 0 saturated carbocycles. The van der Waals surface area contributed by atoms with Gasteiger partial charge >= 0.3 is 0 Å². The number of hydrogen-bond donors (Lipinski definition) is 1. The molecule has 0 fully saturated rings. The predicted octanol–water partition coefficient (Wildman–Crippen LogP) is 3.01. The van der Waals surface area contributed by atoms with E-state index in [4.69, 9.17) is 11.6 Å². The monoisotopic (exact) mass is 248 g/mol. The lowest BCUT2D eigenvalue weighted by molar-refractivity contribution is 0.101. The number of carbonyl (C=O) groups is 1. The highest BCUT2D eigenvalue weighted by Gasteiger charge is 2.08. The van der Waals surface area contributed by atoms with Crippen LogP contribution in [-0.2, 0) is 0 Å². The number of aromatic hydroxyl groups is 1. The van der Waals surface area contributed by atoms with Gasteiger partial charge in [0.05, 0.1) is 9.50 Å². The van der Waals surface area contributed by atoms with Gasteiger partial charge in [0, 0.05) is 5.56 Å². The second-order valence-electron chi connectivity index (χ2n) is 2.34. The van der Waals surface area contributed by atoms with Crippen LogP contribution in [0.1, 0.15) is 17.3 Å². The maximum atomic E-state index is 10.9. The van der Waals surface area contributed by atoms with E-state index < -0.39 is 0 Å². The van der Waals surface area contributed by atoms with Crippen LogP contribution in [0.3, 0.4) is 0 Å². The highest BCUT2D eigenvalue weighted by atomic mass is 79.9. The van der Waals surface area contributed by atoms with E-state index in [0.29, 0.717) is 10.0 Å². The summed E-state index contributed by atoms with van der Waals surface area (Å²) < 4.78 is 0.431. The minimum atomic E-state index is -0.0856. The van der Waals surface area contributed by atoms with Crippen molar-refractivity contribution in [3.05, 3.63) is 27.2 Å². The van der Waals surface area contributed by atoms with Gasteiger partial charge in [0.2, 0.25) is 0 Å².